The van der Waals surface area contributed by atoms with E-state index in [1.807, 2.05) is 30.3 Å². The number of amides is 1. The molecule has 28 heavy (non-hydrogen) atoms. The molecule has 2 rings (SSSR count). The second kappa shape index (κ2) is 9.48. The molecule has 0 fully saturated rings. The molecule has 0 aromatic heterocycles. The van der Waals surface area contributed by atoms with Crippen LogP contribution >= 0.6 is 0 Å². The maximum Gasteiger partial charge on any atom is 0.338 e. The predicted molar refractivity (Wildman–Crippen MR) is 105 cm³/mol. The van der Waals surface area contributed by atoms with E-state index in [9.17, 15) is 18.0 Å². The molecular formula is C20H24N2O5S. The summed E-state index contributed by atoms with van der Waals surface area (Å²) in [6, 6.07) is 13.9. The minimum Gasteiger partial charge on any atom is -0.452 e. The highest BCUT2D eigenvalue weighted by atomic mass is 32.2. The number of hydrogen-bond donors (Lipinski definition) is 1. The zero-order valence-corrected chi connectivity index (χ0v) is 17.0. The summed E-state index contributed by atoms with van der Waals surface area (Å²) in [5.41, 5.74) is 1.77. The number of ether oxygens (including phenoxy) is 1. The SMILES string of the molecule is Cc1ccc(S(=O)(=O)N(C)C)cc1C(=O)OCC(=O)NCCc1ccccc1. The van der Waals surface area contributed by atoms with Crippen LogP contribution in [-0.2, 0) is 26.0 Å². The van der Waals surface area contributed by atoms with Gasteiger partial charge in [-0.3, -0.25) is 4.79 Å². The summed E-state index contributed by atoms with van der Waals surface area (Å²) < 4.78 is 30.6. The molecule has 0 aliphatic rings. The van der Waals surface area contributed by atoms with Gasteiger partial charge in [-0.05, 0) is 36.6 Å². The first kappa shape index (κ1) is 21.6. The van der Waals surface area contributed by atoms with E-state index < -0.39 is 28.5 Å². The molecule has 0 saturated carbocycles. The summed E-state index contributed by atoms with van der Waals surface area (Å²) in [5, 5.41) is 2.68. The normalized spacial score (nSPS) is 11.3. The Hall–Kier alpha value is -2.71. The lowest BCUT2D eigenvalue weighted by atomic mass is 10.1. The molecule has 0 spiro atoms. The minimum absolute atomic E-state index is 0.0117. The third-order valence-corrected chi connectivity index (χ3v) is 5.93. The Labute approximate surface area is 165 Å². The maximum absolute atomic E-state index is 12.3. The van der Waals surface area contributed by atoms with Gasteiger partial charge in [0.15, 0.2) is 6.61 Å². The van der Waals surface area contributed by atoms with Crippen molar-refractivity contribution in [2.75, 3.05) is 27.2 Å². The van der Waals surface area contributed by atoms with Crippen molar-refractivity contribution >= 4 is 21.9 Å². The lowest BCUT2D eigenvalue weighted by molar-refractivity contribution is -0.124. The summed E-state index contributed by atoms with van der Waals surface area (Å²) in [5.74, 6) is -1.16. The van der Waals surface area contributed by atoms with E-state index in [4.69, 9.17) is 4.74 Å². The van der Waals surface area contributed by atoms with Gasteiger partial charge in [-0.25, -0.2) is 17.5 Å². The average molecular weight is 404 g/mol. The molecule has 0 atom stereocenters. The molecule has 2 aromatic rings. The van der Waals surface area contributed by atoms with E-state index >= 15 is 0 Å². The lowest BCUT2D eigenvalue weighted by Gasteiger charge is -2.13. The summed E-state index contributed by atoms with van der Waals surface area (Å²) in [6.07, 6.45) is 0.671. The molecule has 8 heteroatoms. The van der Waals surface area contributed by atoms with Gasteiger partial charge in [0.1, 0.15) is 0 Å². The zero-order chi connectivity index (χ0) is 20.7. The number of rotatable bonds is 8. The van der Waals surface area contributed by atoms with Crippen LogP contribution in [-0.4, -0.2) is 51.8 Å². The number of esters is 1. The first-order valence-electron chi connectivity index (χ1n) is 8.72. The Kier molecular flexibility index (Phi) is 7.31. The van der Waals surface area contributed by atoms with Crippen molar-refractivity contribution in [1.29, 1.82) is 0 Å². The number of hydrogen-bond acceptors (Lipinski definition) is 5. The molecule has 7 nitrogen and oxygen atoms in total. The molecule has 0 aliphatic heterocycles. The van der Waals surface area contributed by atoms with Gasteiger partial charge in [0.05, 0.1) is 10.5 Å². The predicted octanol–water partition coefficient (Wildman–Crippen LogP) is 1.76. The topological polar surface area (TPSA) is 92.8 Å². The summed E-state index contributed by atoms with van der Waals surface area (Å²) >= 11 is 0. The molecule has 0 radical (unpaired) electrons. The zero-order valence-electron chi connectivity index (χ0n) is 16.1. The third-order valence-electron chi connectivity index (χ3n) is 4.12. The summed E-state index contributed by atoms with van der Waals surface area (Å²) in [4.78, 5) is 24.2. The third kappa shape index (κ3) is 5.64. The Morgan fingerprint density at radius 1 is 1.07 bits per heavy atom. The van der Waals surface area contributed by atoms with Crippen molar-refractivity contribution in [2.24, 2.45) is 0 Å². The summed E-state index contributed by atoms with van der Waals surface area (Å²) in [7, 11) is -0.854. The largest absolute Gasteiger partial charge is 0.452 e. The number of nitrogens with one attached hydrogen (secondary N) is 1. The number of carbonyl (C=O) groups is 2. The van der Waals surface area contributed by atoms with Crippen LogP contribution in [0.5, 0.6) is 0 Å². The summed E-state index contributed by atoms with van der Waals surface area (Å²) in [6.45, 7) is 1.66. The van der Waals surface area contributed by atoms with E-state index in [1.165, 1.54) is 32.3 Å². The van der Waals surface area contributed by atoms with Gasteiger partial charge in [-0.15, -0.1) is 0 Å². The van der Waals surface area contributed by atoms with Crippen molar-refractivity contribution in [3.8, 4) is 0 Å². The molecule has 0 aliphatic carbocycles. The molecule has 0 saturated heterocycles. The molecule has 2 aromatic carbocycles. The Bertz CT molecular complexity index is 940. The van der Waals surface area contributed by atoms with E-state index in [2.05, 4.69) is 5.32 Å². The molecule has 0 bridgehead atoms. The highest BCUT2D eigenvalue weighted by molar-refractivity contribution is 7.89. The van der Waals surface area contributed by atoms with Crippen LogP contribution in [0.15, 0.2) is 53.4 Å². The average Bonchev–Trinajstić information content (AvgIpc) is 2.67. The van der Waals surface area contributed by atoms with E-state index in [1.54, 1.807) is 6.92 Å². The second-order valence-corrected chi connectivity index (χ2v) is 8.58. The first-order valence-corrected chi connectivity index (χ1v) is 10.2. The smallest absolute Gasteiger partial charge is 0.338 e. The lowest BCUT2D eigenvalue weighted by Crippen LogP contribution is -2.30. The fourth-order valence-electron chi connectivity index (χ4n) is 2.44. The quantitative estimate of drug-likeness (QED) is 0.677. The van der Waals surface area contributed by atoms with Crippen molar-refractivity contribution in [3.05, 3.63) is 65.2 Å². The van der Waals surface area contributed by atoms with E-state index in [0.29, 0.717) is 18.5 Å². The first-order chi connectivity index (χ1) is 13.2. The van der Waals surface area contributed by atoms with Crippen molar-refractivity contribution < 1.29 is 22.7 Å². The molecular weight excluding hydrogens is 380 g/mol. The highest BCUT2D eigenvalue weighted by Crippen LogP contribution is 2.18. The highest BCUT2D eigenvalue weighted by Gasteiger charge is 2.21. The van der Waals surface area contributed by atoms with Gasteiger partial charge in [-0.2, -0.15) is 0 Å². The van der Waals surface area contributed by atoms with Gasteiger partial charge in [0.2, 0.25) is 10.0 Å². The monoisotopic (exact) mass is 404 g/mol. The van der Waals surface area contributed by atoms with Gasteiger partial charge in [-0.1, -0.05) is 36.4 Å². The fourth-order valence-corrected chi connectivity index (χ4v) is 3.37. The number of aryl methyl sites for hydroxylation is 1. The molecule has 150 valence electrons. The van der Waals surface area contributed by atoms with E-state index in [0.717, 1.165) is 9.87 Å². The van der Waals surface area contributed by atoms with Crippen molar-refractivity contribution in [3.63, 3.8) is 0 Å². The number of sulfonamides is 1. The van der Waals surface area contributed by atoms with Gasteiger partial charge >= 0.3 is 5.97 Å². The Morgan fingerprint density at radius 3 is 2.39 bits per heavy atom. The van der Waals surface area contributed by atoms with Crippen LogP contribution in [0.1, 0.15) is 21.5 Å². The van der Waals surface area contributed by atoms with Crippen molar-refractivity contribution in [2.45, 2.75) is 18.2 Å². The van der Waals surface area contributed by atoms with Crippen LogP contribution in [0.2, 0.25) is 0 Å². The van der Waals surface area contributed by atoms with Crippen LogP contribution < -0.4 is 5.32 Å². The van der Waals surface area contributed by atoms with E-state index in [-0.39, 0.29) is 10.5 Å². The maximum atomic E-state index is 12.3. The number of benzene rings is 2. The molecule has 0 heterocycles. The fraction of sp³-hybridized carbons (Fsp3) is 0.300. The van der Waals surface area contributed by atoms with Crippen LogP contribution in [0.25, 0.3) is 0 Å². The number of carbonyl (C=O) groups excluding carboxylic acids is 2. The Balaban J connectivity index is 1.92. The van der Waals surface area contributed by atoms with Crippen LogP contribution in [0, 0.1) is 6.92 Å². The molecule has 1 N–H and O–H groups in total. The second-order valence-electron chi connectivity index (χ2n) is 6.43. The standard InChI is InChI=1S/C20H24N2O5S/c1-15-9-10-17(28(25,26)22(2)3)13-18(15)20(24)27-14-19(23)21-12-11-16-7-5-4-6-8-16/h4-10,13H,11-12,14H2,1-3H3,(H,21,23). The van der Waals surface area contributed by atoms with Crippen LogP contribution in [0.3, 0.4) is 0 Å². The molecule has 0 unspecified atom stereocenters. The number of nitrogens with zero attached hydrogens (tertiary/aromatic N) is 1. The minimum atomic E-state index is -3.67. The van der Waals surface area contributed by atoms with Gasteiger partial charge < -0.3 is 10.1 Å². The van der Waals surface area contributed by atoms with Crippen LogP contribution in [0.4, 0.5) is 0 Å². The van der Waals surface area contributed by atoms with Gasteiger partial charge in [0, 0.05) is 20.6 Å². The van der Waals surface area contributed by atoms with Crippen molar-refractivity contribution in [1.82, 2.24) is 9.62 Å². The molecule has 1 amide bonds. The van der Waals surface area contributed by atoms with Gasteiger partial charge in [0.25, 0.3) is 5.91 Å². The Morgan fingerprint density at radius 2 is 1.75 bits per heavy atom.